The summed E-state index contributed by atoms with van der Waals surface area (Å²) in [6.45, 7) is 5.84. The van der Waals surface area contributed by atoms with E-state index in [4.69, 9.17) is 4.74 Å². The van der Waals surface area contributed by atoms with E-state index in [1.54, 1.807) is 19.2 Å². The third kappa shape index (κ3) is 3.20. The van der Waals surface area contributed by atoms with Crippen LogP contribution in [-0.2, 0) is 0 Å². The van der Waals surface area contributed by atoms with Crippen molar-refractivity contribution in [3.8, 4) is 5.75 Å². The fourth-order valence-electron chi connectivity index (χ4n) is 1.34. The zero-order valence-corrected chi connectivity index (χ0v) is 11.1. The number of hydrogen-bond donors (Lipinski definition) is 0. The molecule has 0 spiro atoms. The molecule has 1 rings (SSSR count). The summed E-state index contributed by atoms with van der Waals surface area (Å²) in [6.07, 6.45) is 1.21. The number of benzene rings is 1. The molecule has 1 aromatic rings. The van der Waals surface area contributed by atoms with E-state index in [2.05, 4.69) is 22.5 Å². The van der Waals surface area contributed by atoms with Crippen LogP contribution in [0.15, 0.2) is 34.8 Å². The molecule has 3 heteroatoms. The monoisotopic (exact) mass is 282 g/mol. The molecule has 0 radical (unpaired) electrons. The SMILES string of the molecule is C=C(CC)CC(=O)c1ccc(Br)cc1OC. The molecule has 0 saturated carbocycles. The van der Waals surface area contributed by atoms with Crippen molar-refractivity contribution in [2.24, 2.45) is 0 Å². The summed E-state index contributed by atoms with van der Waals surface area (Å²) in [5, 5.41) is 0. The van der Waals surface area contributed by atoms with Gasteiger partial charge in [-0.15, -0.1) is 0 Å². The van der Waals surface area contributed by atoms with Gasteiger partial charge in [-0.3, -0.25) is 4.79 Å². The van der Waals surface area contributed by atoms with Gasteiger partial charge in [0, 0.05) is 10.9 Å². The van der Waals surface area contributed by atoms with Crippen molar-refractivity contribution in [2.45, 2.75) is 19.8 Å². The Bertz CT molecular complexity index is 410. The molecule has 0 bridgehead atoms. The van der Waals surface area contributed by atoms with Crippen molar-refractivity contribution in [2.75, 3.05) is 7.11 Å². The highest BCUT2D eigenvalue weighted by atomic mass is 79.9. The van der Waals surface area contributed by atoms with Gasteiger partial charge in [0.2, 0.25) is 0 Å². The van der Waals surface area contributed by atoms with E-state index in [0.717, 1.165) is 16.5 Å². The van der Waals surface area contributed by atoms with Gasteiger partial charge in [-0.25, -0.2) is 0 Å². The number of hydrogen-bond acceptors (Lipinski definition) is 2. The topological polar surface area (TPSA) is 26.3 Å². The molecule has 0 heterocycles. The molecule has 0 unspecified atom stereocenters. The van der Waals surface area contributed by atoms with Crippen LogP contribution in [0, 0.1) is 0 Å². The van der Waals surface area contributed by atoms with E-state index in [-0.39, 0.29) is 5.78 Å². The van der Waals surface area contributed by atoms with Gasteiger partial charge < -0.3 is 4.74 Å². The number of carbonyl (C=O) groups is 1. The Hall–Kier alpha value is -1.09. The Morgan fingerprint density at radius 2 is 2.19 bits per heavy atom. The molecule has 0 N–H and O–H groups in total. The maximum absolute atomic E-state index is 11.9. The van der Waals surface area contributed by atoms with Crippen LogP contribution in [0.5, 0.6) is 5.75 Å². The lowest BCUT2D eigenvalue weighted by Crippen LogP contribution is -2.03. The third-order valence-corrected chi connectivity index (χ3v) is 2.87. The van der Waals surface area contributed by atoms with Gasteiger partial charge in [0.1, 0.15) is 5.75 Å². The summed E-state index contributed by atoms with van der Waals surface area (Å²) >= 11 is 3.34. The highest BCUT2D eigenvalue weighted by Crippen LogP contribution is 2.25. The summed E-state index contributed by atoms with van der Waals surface area (Å²) in [5.74, 6) is 0.652. The number of ether oxygens (including phenoxy) is 1. The molecule has 86 valence electrons. The van der Waals surface area contributed by atoms with Crippen LogP contribution in [0.1, 0.15) is 30.1 Å². The van der Waals surface area contributed by atoms with Crippen molar-refractivity contribution in [3.05, 3.63) is 40.4 Å². The van der Waals surface area contributed by atoms with Gasteiger partial charge in [-0.2, -0.15) is 0 Å². The Morgan fingerprint density at radius 1 is 1.50 bits per heavy atom. The van der Waals surface area contributed by atoms with Crippen LogP contribution in [-0.4, -0.2) is 12.9 Å². The molecule has 0 aromatic heterocycles. The fourth-order valence-corrected chi connectivity index (χ4v) is 1.68. The number of Topliss-reactive ketones (excluding diaryl/α,β-unsaturated/α-hetero) is 1. The Morgan fingerprint density at radius 3 is 2.75 bits per heavy atom. The number of rotatable bonds is 5. The van der Waals surface area contributed by atoms with Crippen molar-refractivity contribution in [3.63, 3.8) is 0 Å². The summed E-state index contributed by atoms with van der Waals surface area (Å²) in [5.41, 5.74) is 1.55. The molecule has 0 aliphatic rings. The number of ketones is 1. The van der Waals surface area contributed by atoms with Crippen LogP contribution in [0.3, 0.4) is 0 Å². The molecule has 2 nitrogen and oxygen atoms in total. The first-order valence-corrected chi connectivity index (χ1v) is 5.91. The first-order chi connectivity index (χ1) is 7.58. The van der Waals surface area contributed by atoms with E-state index in [9.17, 15) is 4.79 Å². The lowest BCUT2D eigenvalue weighted by Gasteiger charge is -2.08. The van der Waals surface area contributed by atoms with E-state index in [1.165, 1.54) is 0 Å². The average molecular weight is 283 g/mol. The molecule has 0 aliphatic heterocycles. The number of methoxy groups -OCH3 is 1. The zero-order valence-electron chi connectivity index (χ0n) is 9.55. The second kappa shape index (κ2) is 5.85. The van der Waals surface area contributed by atoms with Gasteiger partial charge in [-0.1, -0.05) is 35.0 Å². The van der Waals surface area contributed by atoms with Gasteiger partial charge >= 0.3 is 0 Å². The number of allylic oxidation sites excluding steroid dienone is 1. The van der Waals surface area contributed by atoms with Gasteiger partial charge in [0.25, 0.3) is 0 Å². The minimum atomic E-state index is 0.0520. The van der Waals surface area contributed by atoms with Gasteiger partial charge in [0.15, 0.2) is 5.78 Å². The maximum atomic E-state index is 11.9. The highest BCUT2D eigenvalue weighted by molar-refractivity contribution is 9.10. The Labute approximate surface area is 104 Å². The third-order valence-electron chi connectivity index (χ3n) is 2.37. The summed E-state index contributed by atoms with van der Waals surface area (Å²) in [6, 6.07) is 5.40. The Balaban J connectivity index is 2.94. The predicted octanol–water partition coefficient (Wildman–Crippen LogP) is 4.00. The standard InChI is InChI=1S/C13H15BrO2/c1-4-9(2)7-12(15)11-6-5-10(14)8-13(11)16-3/h5-6,8H,2,4,7H2,1,3H3. The first-order valence-electron chi connectivity index (χ1n) is 5.11. The molecule has 0 aliphatic carbocycles. The second-order valence-electron chi connectivity index (χ2n) is 3.55. The molecule has 0 amide bonds. The van der Waals surface area contributed by atoms with Crippen molar-refractivity contribution >= 4 is 21.7 Å². The first kappa shape index (κ1) is 13.0. The zero-order chi connectivity index (χ0) is 12.1. The molecular weight excluding hydrogens is 268 g/mol. The molecule has 16 heavy (non-hydrogen) atoms. The minimum absolute atomic E-state index is 0.0520. The summed E-state index contributed by atoms with van der Waals surface area (Å²) in [4.78, 5) is 11.9. The maximum Gasteiger partial charge on any atom is 0.170 e. The van der Waals surface area contributed by atoms with Crippen LogP contribution in [0.4, 0.5) is 0 Å². The van der Waals surface area contributed by atoms with Crippen molar-refractivity contribution < 1.29 is 9.53 Å². The van der Waals surface area contributed by atoms with Crippen molar-refractivity contribution in [1.29, 1.82) is 0 Å². The van der Waals surface area contributed by atoms with E-state index >= 15 is 0 Å². The summed E-state index contributed by atoms with van der Waals surface area (Å²) in [7, 11) is 1.56. The second-order valence-corrected chi connectivity index (χ2v) is 4.46. The van der Waals surface area contributed by atoms with E-state index < -0.39 is 0 Å². The van der Waals surface area contributed by atoms with Crippen LogP contribution >= 0.6 is 15.9 Å². The Kier molecular flexibility index (Phi) is 4.74. The normalized spacial score (nSPS) is 9.94. The van der Waals surface area contributed by atoms with Crippen molar-refractivity contribution in [1.82, 2.24) is 0 Å². The molecule has 0 fully saturated rings. The predicted molar refractivity (Wildman–Crippen MR) is 69.1 cm³/mol. The van der Waals surface area contributed by atoms with Gasteiger partial charge in [-0.05, 0) is 24.6 Å². The average Bonchev–Trinajstić information content (AvgIpc) is 2.28. The lowest BCUT2D eigenvalue weighted by molar-refractivity contribution is 0.0989. The fraction of sp³-hybridized carbons (Fsp3) is 0.308. The largest absolute Gasteiger partial charge is 0.496 e. The van der Waals surface area contributed by atoms with Crippen LogP contribution in [0.25, 0.3) is 0 Å². The number of carbonyl (C=O) groups excluding carboxylic acids is 1. The van der Waals surface area contributed by atoms with E-state index in [0.29, 0.717) is 17.7 Å². The molecule has 1 aromatic carbocycles. The van der Waals surface area contributed by atoms with Gasteiger partial charge in [0.05, 0.1) is 12.7 Å². The van der Waals surface area contributed by atoms with Crippen LogP contribution in [0.2, 0.25) is 0 Å². The van der Waals surface area contributed by atoms with Crippen LogP contribution < -0.4 is 4.74 Å². The summed E-state index contributed by atoms with van der Waals surface area (Å²) < 4.78 is 6.08. The lowest BCUT2D eigenvalue weighted by atomic mass is 10.0. The molecule has 0 atom stereocenters. The number of halogens is 1. The molecular formula is C13H15BrO2. The molecule has 0 saturated heterocycles. The highest BCUT2D eigenvalue weighted by Gasteiger charge is 2.12. The minimum Gasteiger partial charge on any atom is -0.496 e. The quantitative estimate of drug-likeness (QED) is 0.603. The van der Waals surface area contributed by atoms with E-state index in [1.807, 2.05) is 13.0 Å². The smallest absolute Gasteiger partial charge is 0.170 e.